The Morgan fingerprint density at radius 1 is 1.16 bits per heavy atom. The van der Waals surface area contributed by atoms with Gasteiger partial charge in [0.15, 0.2) is 0 Å². The summed E-state index contributed by atoms with van der Waals surface area (Å²) in [5.74, 6) is 1.10. The first-order valence-electron chi connectivity index (χ1n) is 6.75. The zero-order valence-electron chi connectivity index (χ0n) is 10.9. The molecule has 0 radical (unpaired) electrons. The largest absolute Gasteiger partial charge is 0.371 e. The lowest BCUT2D eigenvalue weighted by atomic mass is 10.1. The lowest BCUT2D eigenvalue weighted by Crippen LogP contribution is -2.29. The van der Waals surface area contributed by atoms with Crippen molar-refractivity contribution in [1.82, 2.24) is 10.1 Å². The number of rotatable bonds is 3. The minimum atomic E-state index is 0.277. The molecule has 0 bridgehead atoms. The number of benzene rings is 1. The monoisotopic (exact) mass is 258 g/mol. The number of hydrogen-bond acceptors (Lipinski definition) is 5. The summed E-state index contributed by atoms with van der Waals surface area (Å²) in [5.41, 5.74) is 7.72. The van der Waals surface area contributed by atoms with Gasteiger partial charge in [-0.25, -0.2) is 0 Å². The van der Waals surface area contributed by atoms with Crippen LogP contribution < -0.4 is 10.6 Å². The van der Waals surface area contributed by atoms with Crippen LogP contribution in [0.5, 0.6) is 0 Å². The smallest absolute Gasteiger partial charge is 0.240 e. The van der Waals surface area contributed by atoms with Gasteiger partial charge in [0.05, 0.1) is 6.54 Å². The minimum absolute atomic E-state index is 0.277. The van der Waals surface area contributed by atoms with E-state index in [1.165, 1.54) is 24.9 Å². The summed E-state index contributed by atoms with van der Waals surface area (Å²) < 4.78 is 5.11. The highest BCUT2D eigenvalue weighted by molar-refractivity contribution is 5.74. The maximum atomic E-state index is 5.52. The van der Waals surface area contributed by atoms with Crippen molar-refractivity contribution in [2.45, 2.75) is 25.8 Å². The van der Waals surface area contributed by atoms with Crippen LogP contribution in [0.15, 0.2) is 28.8 Å². The molecule has 5 heteroatoms. The molecular formula is C14H18N4O. The van der Waals surface area contributed by atoms with Crippen LogP contribution in [0.2, 0.25) is 0 Å². The third kappa shape index (κ3) is 2.46. The van der Waals surface area contributed by atoms with Gasteiger partial charge in [-0.3, -0.25) is 0 Å². The molecule has 0 aliphatic carbocycles. The molecule has 0 spiro atoms. The van der Waals surface area contributed by atoms with Gasteiger partial charge < -0.3 is 15.2 Å². The van der Waals surface area contributed by atoms with E-state index >= 15 is 0 Å². The summed E-state index contributed by atoms with van der Waals surface area (Å²) in [7, 11) is 0. The number of piperidine rings is 1. The number of anilines is 1. The molecule has 1 aromatic carbocycles. The molecule has 0 amide bonds. The lowest BCUT2D eigenvalue weighted by molar-refractivity contribution is 0.380. The number of para-hydroxylation sites is 1. The van der Waals surface area contributed by atoms with Crippen LogP contribution in [0.3, 0.4) is 0 Å². The van der Waals surface area contributed by atoms with E-state index in [-0.39, 0.29) is 6.54 Å². The van der Waals surface area contributed by atoms with Crippen LogP contribution in [0.4, 0.5) is 5.69 Å². The van der Waals surface area contributed by atoms with Gasteiger partial charge in [0.25, 0.3) is 0 Å². The number of hydrogen-bond donors (Lipinski definition) is 1. The van der Waals surface area contributed by atoms with Gasteiger partial charge in [-0.15, -0.1) is 0 Å². The summed E-state index contributed by atoms with van der Waals surface area (Å²) in [6.07, 6.45) is 3.81. The second kappa shape index (κ2) is 5.40. The molecule has 100 valence electrons. The maximum Gasteiger partial charge on any atom is 0.240 e. The third-order valence-electron chi connectivity index (χ3n) is 3.48. The SMILES string of the molecule is NCc1nc(-c2ccccc2N2CCCCC2)no1. The summed E-state index contributed by atoms with van der Waals surface area (Å²) in [5, 5.41) is 4.02. The normalized spacial score (nSPS) is 15.7. The van der Waals surface area contributed by atoms with Gasteiger partial charge in [-0.05, 0) is 31.4 Å². The van der Waals surface area contributed by atoms with E-state index in [1.807, 2.05) is 12.1 Å². The van der Waals surface area contributed by atoms with E-state index in [0.29, 0.717) is 11.7 Å². The van der Waals surface area contributed by atoms with E-state index in [4.69, 9.17) is 10.3 Å². The number of nitrogens with zero attached hydrogens (tertiary/aromatic N) is 3. The molecule has 0 atom stereocenters. The summed E-state index contributed by atoms with van der Waals surface area (Å²) in [6.45, 7) is 2.47. The third-order valence-corrected chi connectivity index (χ3v) is 3.48. The highest BCUT2D eigenvalue weighted by Crippen LogP contribution is 2.30. The van der Waals surface area contributed by atoms with Crippen molar-refractivity contribution >= 4 is 5.69 Å². The fourth-order valence-electron chi connectivity index (χ4n) is 2.52. The molecule has 1 aromatic heterocycles. The van der Waals surface area contributed by atoms with Crippen molar-refractivity contribution in [1.29, 1.82) is 0 Å². The highest BCUT2D eigenvalue weighted by atomic mass is 16.5. The van der Waals surface area contributed by atoms with Crippen molar-refractivity contribution in [3.63, 3.8) is 0 Å². The molecule has 0 saturated carbocycles. The Balaban J connectivity index is 1.96. The molecule has 5 nitrogen and oxygen atoms in total. The van der Waals surface area contributed by atoms with Crippen molar-refractivity contribution in [2.24, 2.45) is 5.73 Å². The average Bonchev–Trinajstić information content (AvgIpc) is 2.97. The van der Waals surface area contributed by atoms with Crippen molar-refractivity contribution in [3.05, 3.63) is 30.2 Å². The van der Waals surface area contributed by atoms with Crippen molar-refractivity contribution in [3.8, 4) is 11.4 Å². The van der Waals surface area contributed by atoms with Crippen LogP contribution in [0, 0.1) is 0 Å². The minimum Gasteiger partial charge on any atom is -0.371 e. The summed E-state index contributed by atoms with van der Waals surface area (Å²) in [6, 6.07) is 8.22. The predicted octanol–water partition coefficient (Wildman–Crippen LogP) is 2.19. The highest BCUT2D eigenvalue weighted by Gasteiger charge is 2.17. The van der Waals surface area contributed by atoms with E-state index in [0.717, 1.165) is 18.7 Å². The van der Waals surface area contributed by atoms with E-state index in [2.05, 4.69) is 27.2 Å². The van der Waals surface area contributed by atoms with Crippen LogP contribution in [-0.4, -0.2) is 23.2 Å². The molecule has 1 saturated heterocycles. The lowest BCUT2D eigenvalue weighted by Gasteiger charge is -2.30. The second-order valence-electron chi connectivity index (χ2n) is 4.78. The fraction of sp³-hybridized carbons (Fsp3) is 0.429. The Labute approximate surface area is 112 Å². The van der Waals surface area contributed by atoms with E-state index in [1.54, 1.807) is 0 Å². The average molecular weight is 258 g/mol. The zero-order chi connectivity index (χ0) is 13.1. The molecule has 19 heavy (non-hydrogen) atoms. The van der Waals surface area contributed by atoms with Gasteiger partial charge in [-0.1, -0.05) is 17.3 Å². The first-order chi connectivity index (χ1) is 9.38. The Morgan fingerprint density at radius 2 is 1.95 bits per heavy atom. The standard InChI is InChI=1S/C14H18N4O/c15-10-13-16-14(17-19-13)11-6-2-3-7-12(11)18-8-4-1-5-9-18/h2-3,6-7H,1,4-5,8-10,15H2. The Hall–Kier alpha value is -1.88. The molecule has 1 aliphatic heterocycles. The topological polar surface area (TPSA) is 68.2 Å². The quantitative estimate of drug-likeness (QED) is 0.914. The van der Waals surface area contributed by atoms with Gasteiger partial charge >= 0.3 is 0 Å². The van der Waals surface area contributed by atoms with E-state index in [9.17, 15) is 0 Å². The first kappa shape index (κ1) is 12.2. The molecule has 0 unspecified atom stereocenters. The Morgan fingerprint density at radius 3 is 2.68 bits per heavy atom. The van der Waals surface area contributed by atoms with Gasteiger partial charge in [0.2, 0.25) is 11.7 Å². The van der Waals surface area contributed by atoms with Crippen LogP contribution in [-0.2, 0) is 6.54 Å². The molecule has 1 fully saturated rings. The zero-order valence-corrected chi connectivity index (χ0v) is 10.9. The van der Waals surface area contributed by atoms with Crippen LogP contribution >= 0.6 is 0 Å². The summed E-state index contributed by atoms with van der Waals surface area (Å²) in [4.78, 5) is 6.73. The second-order valence-corrected chi connectivity index (χ2v) is 4.78. The first-order valence-corrected chi connectivity index (χ1v) is 6.75. The molecule has 3 rings (SSSR count). The number of aromatic nitrogens is 2. The molecular weight excluding hydrogens is 240 g/mol. The maximum absolute atomic E-state index is 5.52. The van der Waals surface area contributed by atoms with Gasteiger partial charge in [0, 0.05) is 24.3 Å². The molecule has 2 N–H and O–H groups in total. The van der Waals surface area contributed by atoms with Crippen LogP contribution in [0.25, 0.3) is 11.4 Å². The fourth-order valence-corrected chi connectivity index (χ4v) is 2.52. The van der Waals surface area contributed by atoms with Crippen LogP contribution in [0.1, 0.15) is 25.2 Å². The predicted molar refractivity (Wildman–Crippen MR) is 73.7 cm³/mol. The Bertz CT molecular complexity index is 546. The van der Waals surface area contributed by atoms with E-state index < -0.39 is 0 Å². The van der Waals surface area contributed by atoms with Gasteiger partial charge in [-0.2, -0.15) is 4.98 Å². The van der Waals surface area contributed by atoms with Crippen molar-refractivity contribution in [2.75, 3.05) is 18.0 Å². The number of nitrogens with two attached hydrogens (primary N) is 1. The molecule has 2 aromatic rings. The molecule has 1 aliphatic rings. The Kier molecular flexibility index (Phi) is 3.46. The molecule has 2 heterocycles. The van der Waals surface area contributed by atoms with Gasteiger partial charge in [0.1, 0.15) is 0 Å². The summed E-state index contributed by atoms with van der Waals surface area (Å²) >= 11 is 0. The van der Waals surface area contributed by atoms with Crippen molar-refractivity contribution < 1.29 is 4.52 Å².